The highest BCUT2D eigenvalue weighted by molar-refractivity contribution is 5.92. The third-order valence-electron chi connectivity index (χ3n) is 2.29. The van der Waals surface area contributed by atoms with Gasteiger partial charge in [0.15, 0.2) is 11.5 Å². The van der Waals surface area contributed by atoms with Crippen molar-refractivity contribution < 1.29 is 9.18 Å². The van der Waals surface area contributed by atoms with Crippen LogP contribution in [0.2, 0.25) is 0 Å². The summed E-state index contributed by atoms with van der Waals surface area (Å²) in [6.07, 6.45) is 3.28. The highest BCUT2D eigenvalue weighted by Crippen LogP contribution is 2.02. The number of rotatable bonds is 6. The van der Waals surface area contributed by atoms with Crippen molar-refractivity contribution in [1.29, 1.82) is 0 Å². The Kier molecular flexibility index (Phi) is 5.56. The Morgan fingerprint density at radius 1 is 1.47 bits per heavy atom. The van der Waals surface area contributed by atoms with Crippen LogP contribution in [0, 0.1) is 5.82 Å². The predicted octanol–water partition coefficient (Wildman–Crippen LogP) is 1.29. The number of hydrogen-bond acceptors (Lipinski definition) is 3. The summed E-state index contributed by atoms with van der Waals surface area (Å²) in [4.78, 5) is 17.3. The first kappa shape index (κ1) is 13.6. The molecule has 1 rings (SSSR count). The van der Waals surface area contributed by atoms with Gasteiger partial charge in [-0.2, -0.15) is 0 Å². The van der Waals surface area contributed by atoms with E-state index in [-0.39, 0.29) is 5.69 Å². The average molecular weight is 239 g/mol. The number of amides is 1. The van der Waals surface area contributed by atoms with Gasteiger partial charge in [-0.3, -0.25) is 4.79 Å². The molecule has 94 valence electrons. The van der Waals surface area contributed by atoms with Crippen LogP contribution in [0.1, 0.15) is 23.3 Å². The van der Waals surface area contributed by atoms with E-state index in [0.29, 0.717) is 6.54 Å². The third kappa shape index (κ3) is 4.91. The minimum absolute atomic E-state index is 0.139. The van der Waals surface area contributed by atoms with Crippen LogP contribution < -0.4 is 5.32 Å². The van der Waals surface area contributed by atoms with E-state index in [4.69, 9.17) is 0 Å². The molecule has 17 heavy (non-hydrogen) atoms. The lowest BCUT2D eigenvalue weighted by atomic mass is 10.3. The SMILES string of the molecule is CN(C)CCCCNC(=O)c1ncccc1F. The lowest BCUT2D eigenvalue weighted by molar-refractivity contribution is 0.0943. The summed E-state index contributed by atoms with van der Waals surface area (Å²) in [5.74, 6) is -1.04. The molecule has 0 aliphatic carbocycles. The molecule has 0 fully saturated rings. The molecule has 1 amide bonds. The van der Waals surface area contributed by atoms with E-state index in [0.717, 1.165) is 19.4 Å². The molecule has 1 aromatic heterocycles. The van der Waals surface area contributed by atoms with Gasteiger partial charge in [0, 0.05) is 12.7 Å². The molecule has 0 aliphatic heterocycles. The van der Waals surface area contributed by atoms with Crippen LogP contribution in [0.25, 0.3) is 0 Å². The van der Waals surface area contributed by atoms with E-state index < -0.39 is 11.7 Å². The standard InChI is InChI=1S/C12H18FN3O/c1-16(2)9-4-3-7-15-12(17)11-10(13)6-5-8-14-11/h5-6,8H,3-4,7,9H2,1-2H3,(H,15,17). The fourth-order valence-corrected chi connectivity index (χ4v) is 1.39. The largest absolute Gasteiger partial charge is 0.351 e. The molecule has 0 atom stereocenters. The Bertz CT molecular complexity index is 369. The van der Waals surface area contributed by atoms with Crippen molar-refractivity contribution in [1.82, 2.24) is 15.2 Å². The molecular weight excluding hydrogens is 221 g/mol. The van der Waals surface area contributed by atoms with Crippen LogP contribution in [-0.2, 0) is 0 Å². The second kappa shape index (κ2) is 6.96. The number of carbonyl (C=O) groups excluding carboxylic acids is 1. The lowest BCUT2D eigenvalue weighted by Crippen LogP contribution is -2.27. The summed E-state index contributed by atoms with van der Waals surface area (Å²) in [6, 6.07) is 2.69. The number of pyridine rings is 1. The maximum atomic E-state index is 13.2. The minimum Gasteiger partial charge on any atom is -0.351 e. The molecule has 0 aromatic carbocycles. The maximum Gasteiger partial charge on any atom is 0.272 e. The molecule has 0 spiro atoms. The van der Waals surface area contributed by atoms with Crippen LogP contribution >= 0.6 is 0 Å². The third-order valence-corrected chi connectivity index (χ3v) is 2.29. The van der Waals surface area contributed by atoms with Crippen LogP contribution in [-0.4, -0.2) is 43.0 Å². The van der Waals surface area contributed by atoms with Crippen molar-refractivity contribution in [2.24, 2.45) is 0 Å². The molecule has 4 nitrogen and oxygen atoms in total. The molecule has 0 saturated heterocycles. The van der Waals surface area contributed by atoms with Crippen LogP contribution in [0.5, 0.6) is 0 Å². The smallest absolute Gasteiger partial charge is 0.272 e. The summed E-state index contributed by atoms with van der Waals surface area (Å²) in [6.45, 7) is 1.52. The number of nitrogens with one attached hydrogen (secondary N) is 1. The first-order valence-corrected chi connectivity index (χ1v) is 5.64. The molecule has 0 unspecified atom stereocenters. The van der Waals surface area contributed by atoms with Crippen LogP contribution in [0.3, 0.4) is 0 Å². The Morgan fingerprint density at radius 3 is 2.88 bits per heavy atom. The van der Waals surface area contributed by atoms with Crippen molar-refractivity contribution in [3.05, 3.63) is 29.8 Å². The highest BCUT2D eigenvalue weighted by Gasteiger charge is 2.11. The van der Waals surface area contributed by atoms with Gasteiger partial charge in [0.05, 0.1) is 0 Å². The fraction of sp³-hybridized carbons (Fsp3) is 0.500. The zero-order chi connectivity index (χ0) is 12.7. The normalized spacial score (nSPS) is 10.6. The maximum absolute atomic E-state index is 13.2. The van der Waals surface area contributed by atoms with Gasteiger partial charge in [0.1, 0.15) is 0 Å². The van der Waals surface area contributed by atoms with E-state index in [1.165, 1.54) is 18.3 Å². The predicted molar refractivity (Wildman–Crippen MR) is 64.3 cm³/mol. The molecule has 1 aromatic rings. The van der Waals surface area contributed by atoms with E-state index in [2.05, 4.69) is 15.2 Å². The van der Waals surface area contributed by atoms with Gasteiger partial charge in [-0.1, -0.05) is 0 Å². The molecule has 1 heterocycles. The number of aromatic nitrogens is 1. The van der Waals surface area contributed by atoms with Crippen molar-refractivity contribution >= 4 is 5.91 Å². The van der Waals surface area contributed by atoms with Gasteiger partial charge >= 0.3 is 0 Å². The van der Waals surface area contributed by atoms with E-state index >= 15 is 0 Å². The van der Waals surface area contributed by atoms with E-state index in [9.17, 15) is 9.18 Å². The van der Waals surface area contributed by atoms with E-state index in [1.54, 1.807) is 0 Å². The van der Waals surface area contributed by atoms with Crippen molar-refractivity contribution in [2.75, 3.05) is 27.2 Å². The van der Waals surface area contributed by atoms with Crippen molar-refractivity contribution in [2.45, 2.75) is 12.8 Å². The summed E-state index contributed by atoms with van der Waals surface area (Å²) < 4.78 is 13.2. The minimum atomic E-state index is -0.585. The summed E-state index contributed by atoms with van der Waals surface area (Å²) >= 11 is 0. The van der Waals surface area contributed by atoms with Crippen LogP contribution in [0.15, 0.2) is 18.3 Å². The summed E-state index contributed by atoms with van der Waals surface area (Å²) in [5.41, 5.74) is -0.139. The number of nitrogens with zero attached hydrogens (tertiary/aromatic N) is 2. The Morgan fingerprint density at radius 2 is 2.24 bits per heavy atom. The lowest BCUT2D eigenvalue weighted by Gasteiger charge is -2.09. The van der Waals surface area contributed by atoms with E-state index in [1.807, 2.05) is 14.1 Å². The number of unbranched alkanes of at least 4 members (excludes halogenated alkanes) is 1. The van der Waals surface area contributed by atoms with Gasteiger partial charge in [-0.25, -0.2) is 9.37 Å². The summed E-state index contributed by atoms with van der Waals surface area (Å²) in [5, 5.41) is 2.65. The molecule has 0 bridgehead atoms. The molecule has 1 N–H and O–H groups in total. The number of halogens is 1. The van der Waals surface area contributed by atoms with Gasteiger partial charge in [0.25, 0.3) is 5.91 Å². The molecule has 0 radical (unpaired) electrons. The Labute approximate surface area is 101 Å². The van der Waals surface area contributed by atoms with Crippen LogP contribution in [0.4, 0.5) is 4.39 Å². The molecular formula is C12H18FN3O. The fourth-order valence-electron chi connectivity index (χ4n) is 1.39. The first-order chi connectivity index (χ1) is 8.11. The topological polar surface area (TPSA) is 45.2 Å². The molecule has 0 saturated carbocycles. The Hall–Kier alpha value is -1.49. The number of hydrogen-bond donors (Lipinski definition) is 1. The quantitative estimate of drug-likeness (QED) is 0.761. The second-order valence-corrected chi connectivity index (χ2v) is 4.10. The van der Waals surface area contributed by atoms with Crippen molar-refractivity contribution in [3.63, 3.8) is 0 Å². The Balaban J connectivity index is 2.29. The second-order valence-electron chi connectivity index (χ2n) is 4.10. The van der Waals surface area contributed by atoms with Crippen molar-refractivity contribution in [3.8, 4) is 0 Å². The number of carbonyl (C=O) groups is 1. The summed E-state index contributed by atoms with van der Waals surface area (Å²) in [7, 11) is 4.00. The van der Waals surface area contributed by atoms with Gasteiger partial charge < -0.3 is 10.2 Å². The first-order valence-electron chi connectivity index (χ1n) is 5.64. The molecule has 5 heteroatoms. The van der Waals surface area contributed by atoms with Gasteiger partial charge in [-0.05, 0) is 45.6 Å². The molecule has 0 aliphatic rings. The average Bonchev–Trinajstić information content (AvgIpc) is 2.28. The highest BCUT2D eigenvalue weighted by atomic mass is 19.1. The van der Waals surface area contributed by atoms with Gasteiger partial charge in [-0.15, -0.1) is 0 Å². The zero-order valence-corrected chi connectivity index (χ0v) is 10.2. The zero-order valence-electron chi connectivity index (χ0n) is 10.2. The monoisotopic (exact) mass is 239 g/mol. The van der Waals surface area contributed by atoms with Gasteiger partial charge in [0.2, 0.25) is 0 Å².